The summed E-state index contributed by atoms with van der Waals surface area (Å²) in [4.78, 5) is 21.1. The van der Waals surface area contributed by atoms with E-state index in [-0.39, 0.29) is 11.3 Å². The van der Waals surface area contributed by atoms with E-state index in [0.717, 1.165) is 57.4 Å². The quantitative estimate of drug-likeness (QED) is 0.568. The molecule has 8 heteroatoms. The van der Waals surface area contributed by atoms with Crippen molar-refractivity contribution < 1.29 is 18.7 Å². The third kappa shape index (κ3) is 4.75. The van der Waals surface area contributed by atoms with Crippen molar-refractivity contribution in [2.45, 2.75) is 18.3 Å². The number of guanidine groups is 1. The van der Waals surface area contributed by atoms with Crippen LogP contribution in [-0.4, -0.2) is 81.8 Å². The van der Waals surface area contributed by atoms with Crippen LogP contribution in [0.3, 0.4) is 0 Å². The van der Waals surface area contributed by atoms with Gasteiger partial charge in [-0.3, -0.25) is 9.79 Å². The first kappa shape index (κ1) is 22.2. The van der Waals surface area contributed by atoms with Crippen molar-refractivity contribution in [1.29, 1.82) is 0 Å². The molecule has 32 heavy (non-hydrogen) atoms. The van der Waals surface area contributed by atoms with E-state index in [1.54, 1.807) is 19.2 Å². The molecule has 1 amide bonds. The molecule has 0 radical (unpaired) electrons. The number of rotatable bonds is 5. The van der Waals surface area contributed by atoms with E-state index < -0.39 is 0 Å². The third-order valence-electron chi connectivity index (χ3n) is 6.55. The zero-order chi connectivity index (χ0) is 22.4. The minimum atomic E-state index is -0.0572. The summed E-state index contributed by atoms with van der Waals surface area (Å²) < 4.78 is 16.3. The standard InChI is InChI=1S/C24H32N4O4/c1-25-23(28-13-11-27(12-14-28)22(29)21-4-3-15-32-21)26-18-24(9-16-31-17-10-24)19-5-7-20(30-2)8-6-19/h3-8,15H,9-14,16-18H2,1-2H3,(H,25,26). The average Bonchev–Trinajstić information content (AvgIpc) is 3.40. The second kappa shape index (κ2) is 10.1. The first-order valence-corrected chi connectivity index (χ1v) is 11.2. The number of amides is 1. The van der Waals surface area contributed by atoms with Crippen LogP contribution in [0, 0.1) is 0 Å². The zero-order valence-corrected chi connectivity index (χ0v) is 18.9. The smallest absolute Gasteiger partial charge is 0.289 e. The number of carbonyl (C=O) groups excluding carboxylic acids is 1. The molecule has 2 saturated heterocycles. The van der Waals surface area contributed by atoms with Crippen molar-refractivity contribution >= 4 is 11.9 Å². The maximum absolute atomic E-state index is 12.5. The van der Waals surface area contributed by atoms with Crippen LogP contribution < -0.4 is 10.1 Å². The minimum absolute atomic E-state index is 0.0163. The van der Waals surface area contributed by atoms with Gasteiger partial charge in [-0.15, -0.1) is 0 Å². The van der Waals surface area contributed by atoms with Crippen LogP contribution in [0.15, 0.2) is 52.1 Å². The Morgan fingerprint density at radius 3 is 2.38 bits per heavy atom. The van der Waals surface area contributed by atoms with Gasteiger partial charge in [0.25, 0.3) is 5.91 Å². The first-order valence-electron chi connectivity index (χ1n) is 11.2. The molecule has 0 saturated carbocycles. The number of methoxy groups -OCH3 is 1. The molecule has 1 aromatic heterocycles. The number of nitrogens with zero attached hydrogens (tertiary/aromatic N) is 3. The molecule has 0 bridgehead atoms. The summed E-state index contributed by atoms with van der Waals surface area (Å²) >= 11 is 0. The van der Waals surface area contributed by atoms with Crippen LogP contribution in [0.5, 0.6) is 5.75 Å². The number of benzene rings is 1. The van der Waals surface area contributed by atoms with Crippen LogP contribution >= 0.6 is 0 Å². The van der Waals surface area contributed by atoms with Crippen LogP contribution in [-0.2, 0) is 10.2 Å². The summed E-state index contributed by atoms with van der Waals surface area (Å²) in [5.41, 5.74) is 1.27. The number of piperazine rings is 1. The molecule has 2 aliphatic rings. The molecule has 0 spiro atoms. The Morgan fingerprint density at radius 1 is 1.09 bits per heavy atom. The Kier molecular flexibility index (Phi) is 6.99. The molecular weight excluding hydrogens is 408 g/mol. The van der Waals surface area contributed by atoms with Gasteiger partial charge < -0.3 is 29.0 Å². The van der Waals surface area contributed by atoms with E-state index in [1.807, 2.05) is 24.1 Å². The number of hydrogen-bond donors (Lipinski definition) is 1. The van der Waals surface area contributed by atoms with E-state index in [4.69, 9.17) is 13.9 Å². The third-order valence-corrected chi connectivity index (χ3v) is 6.55. The lowest BCUT2D eigenvalue weighted by molar-refractivity contribution is 0.0509. The maximum atomic E-state index is 12.5. The predicted molar refractivity (Wildman–Crippen MR) is 122 cm³/mol. The Hall–Kier alpha value is -3.00. The van der Waals surface area contributed by atoms with E-state index in [2.05, 4.69) is 27.3 Å². The van der Waals surface area contributed by atoms with Crippen molar-refractivity contribution in [3.05, 3.63) is 54.0 Å². The molecule has 8 nitrogen and oxygen atoms in total. The fourth-order valence-electron chi connectivity index (χ4n) is 4.53. The van der Waals surface area contributed by atoms with E-state index in [0.29, 0.717) is 18.8 Å². The second-order valence-corrected chi connectivity index (χ2v) is 8.28. The number of hydrogen-bond acceptors (Lipinski definition) is 5. The van der Waals surface area contributed by atoms with Crippen LogP contribution in [0.1, 0.15) is 29.0 Å². The summed E-state index contributed by atoms with van der Waals surface area (Å²) in [6.45, 7) is 5.01. The monoisotopic (exact) mass is 440 g/mol. The lowest BCUT2D eigenvalue weighted by Gasteiger charge is -2.40. The lowest BCUT2D eigenvalue weighted by atomic mass is 9.74. The Labute approximate surface area is 189 Å². The van der Waals surface area contributed by atoms with Gasteiger partial charge in [-0.1, -0.05) is 12.1 Å². The molecule has 0 atom stereocenters. The molecule has 2 aromatic rings. The zero-order valence-electron chi connectivity index (χ0n) is 18.9. The first-order chi connectivity index (χ1) is 15.6. The van der Waals surface area contributed by atoms with Gasteiger partial charge in [0.05, 0.1) is 13.4 Å². The lowest BCUT2D eigenvalue weighted by Crippen LogP contribution is -2.55. The number of furan rings is 1. The highest BCUT2D eigenvalue weighted by molar-refractivity contribution is 5.91. The minimum Gasteiger partial charge on any atom is -0.497 e. The highest BCUT2D eigenvalue weighted by atomic mass is 16.5. The SMILES string of the molecule is CN=C(NCC1(c2ccc(OC)cc2)CCOCC1)N1CCN(C(=O)c2ccco2)CC1. The number of nitrogens with one attached hydrogen (secondary N) is 1. The fourth-order valence-corrected chi connectivity index (χ4v) is 4.53. The van der Waals surface area contributed by atoms with Gasteiger partial charge in [0.15, 0.2) is 11.7 Å². The Morgan fingerprint density at radius 2 is 1.78 bits per heavy atom. The molecule has 2 fully saturated rings. The fraction of sp³-hybridized carbons (Fsp3) is 0.500. The molecule has 0 unspecified atom stereocenters. The molecule has 2 aliphatic heterocycles. The maximum Gasteiger partial charge on any atom is 0.289 e. The Bertz CT molecular complexity index is 897. The van der Waals surface area contributed by atoms with E-state index in [1.165, 1.54) is 11.8 Å². The molecule has 4 rings (SSSR count). The van der Waals surface area contributed by atoms with Crippen molar-refractivity contribution in [3.8, 4) is 5.75 Å². The molecule has 172 valence electrons. The summed E-state index contributed by atoms with van der Waals surface area (Å²) in [7, 11) is 3.50. The van der Waals surface area contributed by atoms with Gasteiger partial charge in [-0.25, -0.2) is 0 Å². The largest absolute Gasteiger partial charge is 0.497 e. The van der Waals surface area contributed by atoms with Crippen molar-refractivity contribution in [1.82, 2.24) is 15.1 Å². The summed E-state index contributed by atoms with van der Waals surface area (Å²) in [5.74, 6) is 2.07. The van der Waals surface area contributed by atoms with Gasteiger partial charge in [0, 0.05) is 58.4 Å². The van der Waals surface area contributed by atoms with Gasteiger partial charge in [0.2, 0.25) is 0 Å². The molecule has 1 aromatic carbocycles. The predicted octanol–water partition coefficient (Wildman–Crippen LogP) is 2.37. The number of aliphatic imine (C=N–C) groups is 1. The Balaban J connectivity index is 1.38. The normalized spacial score (nSPS) is 19.0. The number of ether oxygens (including phenoxy) is 2. The molecular formula is C24H32N4O4. The van der Waals surface area contributed by atoms with Gasteiger partial charge in [-0.2, -0.15) is 0 Å². The van der Waals surface area contributed by atoms with Crippen molar-refractivity contribution in [3.63, 3.8) is 0 Å². The average molecular weight is 441 g/mol. The summed E-state index contributed by atoms with van der Waals surface area (Å²) in [5, 5.41) is 3.62. The topological polar surface area (TPSA) is 79.5 Å². The van der Waals surface area contributed by atoms with E-state index >= 15 is 0 Å². The van der Waals surface area contributed by atoms with Gasteiger partial charge >= 0.3 is 0 Å². The molecule has 3 heterocycles. The highest BCUT2D eigenvalue weighted by Crippen LogP contribution is 2.35. The molecule has 0 aliphatic carbocycles. The van der Waals surface area contributed by atoms with Crippen LogP contribution in [0.2, 0.25) is 0 Å². The number of carbonyl (C=O) groups is 1. The summed E-state index contributed by atoms with van der Waals surface area (Å²) in [6.07, 6.45) is 3.44. The van der Waals surface area contributed by atoms with Crippen LogP contribution in [0.25, 0.3) is 0 Å². The second-order valence-electron chi connectivity index (χ2n) is 8.28. The van der Waals surface area contributed by atoms with Gasteiger partial charge in [-0.05, 0) is 42.7 Å². The van der Waals surface area contributed by atoms with Crippen molar-refractivity contribution in [2.75, 3.05) is 60.1 Å². The summed E-state index contributed by atoms with van der Waals surface area (Å²) in [6, 6.07) is 11.8. The molecule has 1 N–H and O–H groups in total. The van der Waals surface area contributed by atoms with Gasteiger partial charge in [0.1, 0.15) is 5.75 Å². The van der Waals surface area contributed by atoms with E-state index in [9.17, 15) is 4.79 Å². The highest BCUT2D eigenvalue weighted by Gasteiger charge is 2.35. The van der Waals surface area contributed by atoms with Crippen molar-refractivity contribution in [2.24, 2.45) is 4.99 Å². The van der Waals surface area contributed by atoms with Crippen LogP contribution in [0.4, 0.5) is 0 Å².